The van der Waals surface area contributed by atoms with Crippen LogP contribution in [0.25, 0.3) is 20.9 Å². The molecule has 1 amide bonds. The molecule has 0 radical (unpaired) electrons. The molecule has 8 heteroatoms. The average molecular weight is 411 g/mol. The molecule has 0 unspecified atom stereocenters. The molecule has 0 aliphatic carbocycles. The van der Waals surface area contributed by atoms with Crippen LogP contribution in [0.3, 0.4) is 0 Å². The standard InChI is InChI=1S/C20H18N4O2S2/c1-13-14-5-2-3-6-15(14)26-17(13)19(25)23-8-10-24(11-9-23)20-22-21-18(28-20)16-7-4-12-27-16/h2-7,12H,8-11H2,1H3. The highest BCUT2D eigenvalue weighted by Gasteiger charge is 2.27. The number of aromatic nitrogens is 2. The highest BCUT2D eigenvalue weighted by Crippen LogP contribution is 2.32. The quantitative estimate of drug-likeness (QED) is 0.504. The molecule has 0 N–H and O–H groups in total. The molecule has 4 aromatic rings. The van der Waals surface area contributed by atoms with Crippen molar-refractivity contribution in [3.05, 3.63) is 53.1 Å². The fourth-order valence-electron chi connectivity index (χ4n) is 3.47. The Hall–Kier alpha value is -2.71. The van der Waals surface area contributed by atoms with E-state index in [1.54, 1.807) is 22.7 Å². The number of aryl methyl sites for hydroxylation is 1. The molecule has 28 heavy (non-hydrogen) atoms. The molecule has 6 nitrogen and oxygen atoms in total. The van der Waals surface area contributed by atoms with E-state index in [-0.39, 0.29) is 5.91 Å². The van der Waals surface area contributed by atoms with E-state index in [9.17, 15) is 4.79 Å². The first kappa shape index (κ1) is 17.4. The number of hydrogen-bond donors (Lipinski definition) is 0. The van der Waals surface area contributed by atoms with E-state index < -0.39 is 0 Å². The number of hydrogen-bond acceptors (Lipinski definition) is 7. The number of benzene rings is 1. The lowest BCUT2D eigenvalue weighted by atomic mass is 10.1. The van der Waals surface area contributed by atoms with Crippen LogP contribution >= 0.6 is 22.7 Å². The van der Waals surface area contributed by atoms with E-state index in [0.29, 0.717) is 18.8 Å². The van der Waals surface area contributed by atoms with Crippen LogP contribution in [-0.4, -0.2) is 47.2 Å². The van der Waals surface area contributed by atoms with Gasteiger partial charge in [0.15, 0.2) is 10.8 Å². The van der Waals surface area contributed by atoms with Crippen molar-refractivity contribution in [1.82, 2.24) is 15.1 Å². The lowest BCUT2D eigenvalue weighted by molar-refractivity contribution is 0.0716. The number of carbonyl (C=O) groups excluding carboxylic acids is 1. The maximum atomic E-state index is 13.0. The number of piperazine rings is 1. The summed E-state index contributed by atoms with van der Waals surface area (Å²) >= 11 is 3.27. The summed E-state index contributed by atoms with van der Waals surface area (Å²) in [4.78, 5) is 18.2. The Kier molecular flexibility index (Phi) is 4.37. The second kappa shape index (κ2) is 7.03. The Morgan fingerprint density at radius 3 is 2.64 bits per heavy atom. The summed E-state index contributed by atoms with van der Waals surface area (Å²) in [6, 6.07) is 11.9. The van der Waals surface area contributed by atoms with Gasteiger partial charge in [-0.2, -0.15) is 0 Å². The Morgan fingerprint density at radius 2 is 1.89 bits per heavy atom. The van der Waals surface area contributed by atoms with Crippen LogP contribution in [0.4, 0.5) is 5.13 Å². The number of para-hydroxylation sites is 1. The molecule has 1 aliphatic rings. The third kappa shape index (κ3) is 2.98. The number of fused-ring (bicyclic) bond motifs is 1. The second-order valence-electron chi connectivity index (χ2n) is 6.70. The molecule has 1 fully saturated rings. The van der Waals surface area contributed by atoms with Gasteiger partial charge in [-0.1, -0.05) is 35.6 Å². The van der Waals surface area contributed by atoms with Gasteiger partial charge in [-0.25, -0.2) is 0 Å². The van der Waals surface area contributed by atoms with Crippen molar-refractivity contribution in [3.8, 4) is 9.88 Å². The van der Waals surface area contributed by atoms with Crippen LogP contribution < -0.4 is 4.90 Å². The predicted molar refractivity (Wildman–Crippen MR) is 112 cm³/mol. The molecular formula is C20H18N4O2S2. The van der Waals surface area contributed by atoms with Crippen molar-refractivity contribution >= 4 is 44.7 Å². The summed E-state index contributed by atoms with van der Waals surface area (Å²) in [6.45, 7) is 4.71. The van der Waals surface area contributed by atoms with Crippen LogP contribution in [0.5, 0.6) is 0 Å². The number of furan rings is 1. The van der Waals surface area contributed by atoms with Crippen molar-refractivity contribution in [2.24, 2.45) is 0 Å². The zero-order valence-corrected chi connectivity index (χ0v) is 16.9. The second-order valence-corrected chi connectivity index (χ2v) is 8.60. The normalized spacial score (nSPS) is 14.8. The highest BCUT2D eigenvalue weighted by molar-refractivity contribution is 7.22. The van der Waals surface area contributed by atoms with E-state index >= 15 is 0 Å². The van der Waals surface area contributed by atoms with Crippen molar-refractivity contribution in [1.29, 1.82) is 0 Å². The predicted octanol–water partition coefficient (Wildman–Crippen LogP) is 4.28. The maximum Gasteiger partial charge on any atom is 0.290 e. The Bertz CT molecular complexity index is 1120. The molecular weight excluding hydrogens is 392 g/mol. The first-order chi connectivity index (χ1) is 13.7. The molecule has 0 atom stereocenters. The van der Waals surface area contributed by atoms with Gasteiger partial charge in [0, 0.05) is 37.1 Å². The average Bonchev–Trinajstić information content (AvgIpc) is 3.48. The van der Waals surface area contributed by atoms with Crippen molar-refractivity contribution in [2.75, 3.05) is 31.1 Å². The monoisotopic (exact) mass is 410 g/mol. The third-order valence-electron chi connectivity index (χ3n) is 5.02. The summed E-state index contributed by atoms with van der Waals surface area (Å²) in [5.74, 6) is 0.412. The van der Waals surface area contributed by atoms with Gasteiger partial charge in [-0.05, 0) is 24.4 Å². The zero-order valence-electron chi connectivity index (χ0n) is 15.3. The van der Waals surface area contributed by atoms with Gasteiger partial charge in [0.25, 0.3) is 5.91 Å². The molecule has 5 rings (SSSR count). The SMILES string of the molecule is Cc1c(C(=O)N2CCN(c3nnc(-c4cccs4)s3)CC2)oc2ccccc12. The van der Waals surface area contributed by atoms with E-state index in [1.807, 2.05) is 47.5 Å². The van der Waals surface area contributed by atoms with Gasteiger partial charge in [-0.3, -0.25) is 4.79 Å². The highest BCUT2D eigenvalue weighted by atomic mass is 32.1. The summed E-state index contributed by atoms with van der Waals surface area (Å²) in [6.07, 6.45) is 0. The van der Waals surface area contributed by atoms with Crippen molar-refractivity contribution in [2.45, 2.75) is 6.92 Å². The fourth-order valence-corrected chi connectivity index (χ4v) is 5.15. The van der Waals surface area contributed by atoms with E-state index in [1.165, 1.54) is 0 Å². The molecule has 1 aromatic carbocycles. The smallest absolute Gasteiger partial charge is 0.290 e. The molecule has 4 heterocycles. The van der Waals surface area contributed by atoms with Gasteiger partial charge in [0.1, 0.15) is 5.58 Å². The van der Waals surface area contributed by atoms with Crippen molar-refractivity contribution in [3.63, 3.8) is 0 Å². The number of nitrogens with zero attached hydrogens (tertiary/aromatic N) is 4. The fraction of sp³-hybridized carbons (Fsp3) is 0.250. The lowest BCUT2D eigenvalue weighted by Crippen LogP contribution is -2.48. The molecule has 1 aliphatic heterocycles. The van der Waals surface area contributed by atoms with Gasteiger partial charge < -0.3 is 14.2 Å². The minimum absolute atomic E-state index is 0.0371. The van der Waals surface area contributed by atoms with Crippen LogP contribution in [0.15, 0.2) is 46.2 Å². The summed E-state index contributed by atoms with van der Waals surface area (Å²) < 4.78 is 5.85. The molecule has 3 aromatic heterocycles. The number of carbonyl (C=O) groups is 1. The maximum absolute atomic E-state index is 13.0. The third-order valence-corrected chi connectivity index (χ3v) is 7.04. The van der Waals surface area contributed by atoms with Crippen LogP contribution in [0.2, 0.25) is 0 Å². The number of amides is 1. The Balaban J connectivity index is 1.29. The van der Waals surface area contributed by atoms with Crippen LogP contribution in [-0.2, 0) is 0 Å². The molecule has 1 saturated heterocycles. The van der Waals surface area contributed by atoms with E-state index in [0.717, 1.165) is 44.6 Å². The van der Waals surface area contributed by atoms with Crippen LogP contribution in [0.1, 0.15) is 16.1 Å². The van der Waals surface area contributed by atoms with Gasteiger partial charge in [0.2, 0.25) is 5.13 Å². The molecule has 0 saturated carbocycles. The lowest BCUT2D eigenvalue weighted by Gasteiger charge is -2.33. The van der Waals surface area contributed by atoms with Gasteiger partial charge in [-0.15, -0.1) is 21.5 Å². The number of thiophene rings is 1. The zero-order chi connectivity index (χ0) is 19.1. The molecule has 142 valence electrons. The van der Waals surface area contributed by atoms with E-state index in [2.05, 4.69) is 21.2 Å². The molecule has 0 bridgehead atoms. The van der Waals surface area contributed by atoms with Crippen molar-refractivity contribution < 1.29 is 9.21 Å². The largest absolute Gasteiger partial charge is 0.451 e. The minimum atomic E-state index is -0.0371. The minimum Gasteiger partial charge on any atom is -0.451 e. The summed E-state index contributed by atoms with van der Waals surface area (Å²) in [7, 11) is 0. The Labute approximate surface area is 170 Å². The summed E-state index contributed by atoms with van der Waals surface area (Å²) in [5, 5.41) is 13.6. The van der Waals surface area contributed by atoms with Gasteiger partial charge >= 0.3 is 0 Å². The van der Waals surface area contributed by atoms with Gasteiger partial charge in [0.05, 0.1) is 4.88 Å². The van der Waals surface area contributed by atoms with E-state index in [4.69, 9.17) is 4.42 Å². The topological polar surface area (TPSA) is 62.5 Å². The Morgan fingerprint density at radius 1 is 1.07 bits per heavy atom. The number of rotatable bonds is 3. The first-order valence-electron chi connectivity index (χ1n) is 9.10. The number of anilines is 1. The first-order valence-corrected chi connectivity index (χ1v) is 10.8. The molecule has 0 spiro atoms. The van der Waals surface area contributed by atoms with Crippen LogP contribution in [0, 0.1) is 6.92 Å². The summed E-state index contributed by atoms with van der Waals surface area (Å²) in [5.41, 5.74) is 1.67.